The number of carbonyl (C=O) groups is 1. The molecule has 1 aromatic carbocycles. The number of rotatable bonds is 1. The molecule has 14 heavy (non-hydrogen) atoms. The van der Waals surface area contributed by atoms with E-state index in [1.165, 1.54) is 0 Å². The second kappa shape index (κ2) is 2.90. The van der Waals surface area contributed by atoms with Crippen molar-refractivity contribution in [2.45, 2.75) is 16.8 Å². The lowest BCUT2D eigenvalue weighted by Gasteiger charge is -2.17. The van der Waals surface area contributed by atoms with Gasteiger partial charge in [-0.2, -0.15) is 0 Å². The van der Waals surface area contributed by atoms with Crippen molar-refractivity contribution >= 4 is 23.4 Å². The van der Waals surface area contributed by atoms with Gasteiger partial charge in [-0.25, -0.2) is 4.79 Å². The first-order valence-corrected chi connectivity index (χ1v) is 4.93. The summed E-state index contributed by atoms with van der Waals surface area (Å²) >= 11 is 1.13. The number of aryl methyl sites for hydroxylation is 1. The summed E-state index contributed by atoms with van der Waals surface area (Å²) in [4.78, 5) is 10.3. The van der Waals surface area contributed by atoms with Gasteiger partial charge >= 0.3 is 5.97 Å². The molecule has 2 rings (SSSR count). The lowest BCUT2D eigenvalue weighted by molar-refractivity contribution is -0.138. The molecule has 4 nitrogen and oxygen atoms in total. The Morgan fingerprint density at radius 2 is 2.36 bits per heavy atom. The lowest BCUT2D eigenvalue weighted by atomic mass is 10.2. The standard InChI is InChI=1S/C9H10N2O2S/c1-5-2-3-6-7(4-5)14-9(10,11-6)8(12)13/h2-4,11H,10H2,1H3,(H,12,13). The molecule has 5 heteroatoms. The number of hydrogen-bond acceptors (Lipinski definition) is 4. The molecule has 0 radical (unpaired) electrons. The van der Waals surface area contributed by atoms with Crippen molar-refractivity contribution < 1.29 is 9.90 Å². The van der Waals surface area contributed by atoms with Crippen LogP contribution in [0, 0.1) is 6.92 Å². The lowest BCUT2D eigenvalue weighted by Crippen LogP contribution is -2.49. The monoisotopic (exact) mass is 210 g/mol. The van der Waals surface area contributed by atoms with Gasteiger partial charge in [0.2, 0.25) is 4.99 Å². The van der Waals surface area contributed by atoms with E-state index in [4.69, 9.17) is 10.8 Å². The molecule has 0 saturated heterocycles. The molecule has 0 fully saturated rings. The molecule has 0 bridgehead atoms. The molecule has 1 heterocycles. The van der Waals surface area contributed by atoms with Crippen LogP contribution in [-0.2, 0) is 4.79 Å². The highest BCUT2D eigenvalue weighted by Crippen LogP contribution is 2.42. The fraction of sp³-hybridized carbons (Fsp3) is 0.222. The minimum atomic E-state index is -1.42. The van der Waals surface area contributed by atoms with Crippen LogP contribution in [0.5, 0.6) is 0 Å². The van der Waals surface area contributed by atoms with Gasteiger partial charge in [0.05, 0.1) is 5.69 Å². The fourth-order valence-electron chi connectivity index (χ4n) is 1.31. The van der Waals surface area contributed by atoms with Gasteiger partial charge < -0.3 is 10.4 Å². The maximum absolute atomic E-state index is 10.9. The number of carboxylic acid groups (broad SMARTS) is 1. The molecule has 1 unspecified atom stereocenters. The number of carboxylic acids is 1. The highest BCUT2D eigenvalue weighted by Gasteiger charge is 2.41. The molecule has 0 aliphatic carbocycles. The van der Waals surface area contributed by atoms with E-state index in [1.54, 1.807) is 0 Å². The smallest absolute Gasteiger partial charge is 0.355 e. The molecule has 1 aliphatic heterocycles. The summed E-state index contributed by atoms with van der Waals surface area (Å²) in [5, 5.41) is 11.7. The van der Waals surface area contributed by atoms with E-state index in [2.05, 4.69) is 5.32 Å². The average molecular weight is 210 g/mol. The molecular formula is C9H10N2O2S. The highest BCUT2D eigenvalue weighted by atomic mass is 32.2. The minimum Gasteiger partial charge on any atom is -0.478 e. The normalized spacial score (nSPS) is 24.1. The van der Waals surface area contributed by atoms with Gasteiger partial charge in [0, 0.05) is 4.90 Å². The summed E-state index contributed by atoms with van der Waals surface area (Å²) < 4.78 is 0. The first-order valence-electron chi connectivity index (χ1n) is 4.11. The molecule has 1 atom stereocenters. The summed E-state index contributed by atoms with van der Waals surface area (Å²) in [5.74, 6) is -1.06. The molecule has 0 aromatic heterocycles. The Morgan fingerprint density at radius 1 is 1.64 bits per heavy atom. The largest absolute Gasteiger partial charge is 0.478 e. The second-order valence-electron chi connectivity index (χ2n) is 3.27. The van der Waals surface area contributed by atoms with Gasteiger partial charge in [0.25, 0.3) is 0 Å². The average Bonchev–Trinajstić information content (AvgIpc) is 2.42. The summed E-state index contributed by atoms with van der Waals surface area (Å²) in [6.07, 6.45) is 0. The Hall–Kier alpha value is -1.20. The van der Waals surface area contributed by atoms with Crippen molar-refractivity contribution in [1.29, 1.82) is 0 Å². The van der Waals surface area contributed by atoms with Crippen LogP contribution >= 0.6 is 11.8 Å². The maximum Gasteiger partial charge on any atom is 0.355 e. The van der Waals surface area contributed by atoms with Crippen LogP contribution < -0.4 is 11.1 Å². The number of thioether (sulfide) groups is 1. The van der Waals surface area contributed by atoms with Crippen molar-refractivity contribution in [3.63, 3.8) is 0 Å². The molecule has 0 spiro atoms. The predicted molar refractivity (Wildman–Crippen MR) is 55.2 cm³/mol. The van der Waals surface area contributed by atoms with Gasteiger partial charge in [-0.15, -0.1) is 0 Å². The van der Waals surface area contributed by atoms with Gasteiger partial charge in [0.15, 0.2) is 0 Å². The number of anilines is 1. The van der Waals surface area contributed by atoms with Crippen molar-refractivity contribution in [3.8, 4) is 0 Å². The highest BCUT2D eigenvalue weighted by molar-refractivity contribution is 8.02. The van der Waals surface area contributed by atoms with Crippen LogP contribution in [0.2, 0.25) is 0 Å². The molecule has 1 aliphatic rings. The van der Waals surface area contributed by atoms with Crippen molar-refractivity contribution in [2.75, 3.05) is 5.32 Å². The van der Waals surface area contributed by atoms with Crippen molar-refractivity contribution in [2.24, 2.45) is 5.73 Å². The zero-order chi connectivity index (χ0) is 10.3. The zero-order valence-electron chi connectivity index (χ0n) is 7.57. The van der Waals surface area contributed by atoms with Crippen LogP contribution in [-0.4, -0.2) is 16.1 Å². The topological polar surface area (TPSA) is 75.4 Å². The van der Waals surface area contributed by atoms with E-state index in [0.717, 1.165) is 27.9 Å². The summed E-state index contributed by atoms with van der Waals surface area (Å²) in [6.45, 7) is 1.96. The Balaban J connectivity index is 2.39. The number of aliphatic carboxylic acids is 1. The third-order valence-electron chi connectivity index (χ3n) is 2.05. The molecular weight excluding hydrogens is 200 g/mol. The molecule has 74 valence electrons. The number of hydrogen-bond donors (Lipinski definition) is 3. The summed E-state index contributed by atoms with van der Waals surface area (Å²) in [6, 6.07) is 5.68. The van der Waals surface area contributed by atoms with Gasteiger partial charge in [0.1, 0.15) is 0 Å². The summed E-state index contributed by atoms with van der Waals surface area (Å²) in [7, 11) is 0. The quantitative estimate of drug-likeness (QED) is 0.649. The second-order valence-corrected chi connectivity index (χ2v) is 4.56. The first kappa shape index (κ1) is 9.36. The number of nitrogens with two attached hydrogens (primary N) is 1. The molecule has 0 amide bonds. The fourth-order valence-corrected chi connectivity index (χ4v) is 2.38. The van der Waals surface area contributed by atoms with Gasteiger partial charge in [-0.3, -0.25) is 5.73 Å². The number of benzene rings is 1. The number of fused-ring (bicyclic) bond motifs is 1. The Bertz CT molecular complexity index is 408. The van der Waals surface area contributed by atoms with Crippen LogP contribution in [0.4, 0.5) is 5.69 Å². The third kappa shape index (κ3) is 1.34. The first-order chi connectivity index (χ1) is 6.51. The van der Waals surface area contributed by atoms with Crippen LogP contribution in [0.25, 0.3) is 0 Å². The van der Waals surface area contributed by atoms with Crippen LogP contribution in [0.15, 0.2) is 23.1 Å². The van der Waals surface area contributed by atoms with Crippen molar-refractivity contribution in [1.82, 2.24) is 0 Å². The van der Waals surface area contributed by atoms with E-state index in [0.29, 0.717) is 0 Å². The van der Waals surface area contributed by atoms with E-state index in [9.17, 15) is 4.79 Å². The maximum atomic E-state index is 10.9. The van der Waals surface area contributed by atoms with Crippen molar-refractivity contribution in [3.05, 3.63) is 23.8 Å². The number of nitrogens with one attached hydrogen (secondary N) is 1. The van der Waals surface area contributed by atoms with E-state index in [1.807, 2.05) is 25.1 Å². The van der Waals surface area contributed by atoms with E-state index in [-0.39, 0.29) is 0 Å². The van der Waals surface area contributed by atoms with Crippen LogP contribution in [0.3, 0.4) is 0 Å². The van der Waals surface area contributed by atoms with E-state index < -0.39 is 11.0 Å². The Kier molecular flexibility index (Phi) is 1.94. The molecule has 1 aromatic rings. The minimum absolute atomic E-state index is 0.783. The zero-order valence-corrected chi connectivity index (χ0v) is 8.39. The van der Waals surface area contributed by atoms with Gasteiger partial charge in [-0.1, -0.05) is 17.8 Å². The van der Waals surface area contributed by atoms with E-state index >= 15 is 0 Å². The van der Waals surface area contributed by atoms with Gasteiger partial charge in [-0.05, 0) is 24.6 Å². The SMILES string of the molecule is Cc1ccc2c(c1)SC(N)(C(=O)O)N2. The summed E-state index contributed by atoms with van der Waals surface area (Å²) in [5.41, 5.74) is 7.53. The molecule has 4 N–H and O–H groups in total. The van der Waals surface area contributed by atoms with Crippen LogP contribution in [0.1, 0.15) is 5.56 Å². The molecule has 0 saturated carbocycles. The predicted octanol–water partition coefficient (Wildman–Crippen LogP) is 1.21. The third-order valence-corrected chi connectivity index (χ3v) is 3.20. The Morgan fingerprint density at radius 3 is 3.00 bits per heavy atom. The Labute approximate surface area is 85.5 Å².